The lowest BCUT2D eigenvalue weighted by molar-refractivity contribution is -0.140. The number of carbonyl (C=O) groups excluding carboxylic acids is 3. The van der Waals surface area contributed by atoms with Gasteiger partial charge in [0.15, 0.2) is 0 Å². The van der Waals surface area contributed by atoms with Crippen LogP contribution in [0.1, 0.15) is 31.1 Å². The second-order valence-electron chi connectivity index (χ2n) is 6.88. The van der Waals surface area contributed by atoms with Crippen molar-refractivity contribution < 1.29 is 33.3 Å². The molecule has 0 radical (unpaired) electrons. The highest BCUT2D eigenvalue weighted by Gasteiger charge is 2.34. The summed E-state index contributed by atoms with van der Waals surface area (Å²) in [6, 6.07) is 4.89. The fourth-order valence-corrected chi connectivity index (χ4v) is 2.93. The van der Waals surface area contributed by atoms with E-state index in [1.807, 2.05) is 0 Å². The van der Waals surface area contributed by atoms with Crippen LogP contribution in [0.2, 0.25) is 0 Å². The van der Waals surface area contributed by atoms with Gasteiger partial charge in [0, 0.05) is 4.47 Å². The molecule has 152 valence electrons. The quantitative estimate of drug-likeness (QED) is 0.505. The van der Waals surface area contributed by atoms with E-state index >= 15 is 0 Å². The van der Waals surface area contributed by atoms with Crippen molar-refractivity contribution in [1.29, 1.82) is 0 Å². The molecule has 0 fully saturated rings. The number of benzene rings is 1. The smallest absolute Gasteiger partial charge is 0.355 e. The number of methoxy groups -OCH3 is 2. The average Bonchev–Trinajstić information content (AvgIpc) is 2.64. The zero-order valence-electron chi connectivity index (χ0n) is 16.3. The van der Waals surface area contributed by atoms with Crippen LogP contribution in [0, 0.1) is 0 Å². The Morgan fingerprint density at radius 3 is 2.29 bits per heavy atom. The molecule has 9 heteroatoms. The Bertz CT molecular complexity index is 826. The monoisotopic (exact) mass is 455 g/mol. The number of esters is 3. The van der Waals surface area contributed by atoms with Crippen LogP contribution in [0.25, 0.3) is 0 Å². The lowest BCUT2D eigenvalue weighted by Crippen LogP contribution is -2.39. The maximum atomic E-state index is 12.8. The molecule has 8 nitrogen and oxygen atoms in total. The fourth-order valence-electron chi connectivity index (χ4n) is 2.57. The van der Waals surface area contributed by atoms with Crippen LogP contribution in [0.3, 0.4) is 0 Å². The molecule has 0 unspecified atom stereocenters. The molecule has 2 rings (SSSR count). The first kappa shape index (κ1) is 21.9. The van der Waals surface area contributed by atoms with Crippen LogP contribution < -0.4 is 4.90 Å². The Hall–Kier alpha value is -2.39. The van der Waals surface area contributed by atoms with E-state index in [1.165, 1.54) is 19.1 Å². The van der Waals surface area contributed by atoms with E-state index in [9.17, 15) is 14.4 Å². The van der Waals surface area contributed by atoms with Gasteiger partial charge in [-0.15, -0.1) is 0 Å². The van der Waals surface area contributed by atoms with Gasteiger partial charge in [0.25, 0.3) is 0 Å². The first-order chi connectivity index (χ1) is 13.1. The minimum Gasteiger partial charge on any atom is -0.466 e. The predicted molar refractivity (Wildman–Crippen MR) is 104 cm³/mol. The highest BCUT2D eigenvalue weighted by molar-refractivity contribution is 9.10. The van der Waals surface area contributed by atoms with E-state index in [1.54, 1.807) is 39.0 Å². The number of anilines is 1. The standard InChI is InChI=1S/C19H22BrNO7/c1-19(2,3)28-17(23)12-8-11(20)6-7-14(12)21-10-27-9-13(16(22)25-4)15(21)18(24)26-5/h6-8H,9-10H2,1-5H3. The third kappa shape index (κ3) is 4.90. The first-order valence-corrected chi connectivity index (χ1v) is 9.16. The Balaban J connectivity index is 2.63. The second-order valence-corrected chi connectivity index (χ2v) is 7.79. The van der Waals surface area contributed by atoms with Gasteiger partial charge in [0.05, 0.1) is 37.7 Å². The van der Waals surface area contributed by atoms with E-state index in [4.69, 9.17) is 18.9 Å². The molecular weight excluding hydrogens is 434 g/mol. The van der Waals surface area contributed by atoms with E-state index in [0.717, 1.165) is 0 Å². The van der Waals surface area contributed by atoms with E-state index in [2.05, 4.69) is 15.9 Å². The molecule has 1 aromatic carbocycles. The summed E-state index contributed by atoms with van der Waals surface area (Å²) < 4.78 is 21.2. The Kier molecular flexibility index (Phi) is 6.84. The molecule has 0 bridgehead atoms. The molecule has 0 saturated carbocycles. The van der Waals surface area contributed by atoms with Crippen molar-refractivity contribution in [2.24, 2.45) is 0 Å². The molecule has 1 aromatic rings. The van der Waals surface area contributed by atoms with Crippen molar-refractivity contribution in [3.63, 3.8) is 0 Å². The van der Waals surface area contributed by atoms with Crippen LogP contribution in [-0.2, 0) is 28.5 Å². The summed E-state index contributed by atoms with van der Waals surface area (Å²) in [6.45, 7) is 5.07. The predicted octanol–water partition coefficient (Wildman–Crippen LogP) is 2.80. The van der Waals surface area contributed by atoms with Crippen molar-refractivity contribution in [2.45, 2.75) is 26.4 Å². The maximum absolute atomic E-state index is 12.8. The van der Waals surface area contributed by atoms with Gasteiger partial charge in [-0.05, 0) is 39.0 Å². The van der Waals surface area contributed by atoms with Gasteiger partial charge in [-0.3, -0.25) is 0 Å². The number of rotatable bonds is 4. The summed E-state index contributed by atoms with van der Waals surface area (Å²) in [5.74, 6) is -2.05. The van der Waals surface area contributed by atoms with Crippen molar-refractivity contribution in [3.8, 4) is 0 Å². The molecule has 0 spiro atoms. The molecule has 0 atom stereocenters. The third-order valence-electron chi connectivity index (χ3n) is 3.70. The normalized spacial score (nSPS) is 14.6. The minimum atomic E-state index is -0.748. The highest BCUT2D eigenvalue weighted by Crippen LogP contribution is 2.32. The number of nitrogens with zero attached hydrogens (tertiary/aromatic N) is 1. The SMILES string of the molecule is COC(=O)C1=C(C(=O)OC)N(c2ccc(Br)cc2C(=O)OC(C)(C)C)COC1. The second kappa shape index (κ2) is 8.74. The topological polar surface area (TPSA) is 91.4 Å². The lowest BCUT2D eigenvalue weighted by Gasteiger charge is -2.32. The van der Waals surface area contributed by atoms with Crippen LogP contribution in [0.5, 0.6) is 0 Å². The van der Waals surface area contributed by atoms with Crippen LogP contribution in [-0.4, -0.2) is 51.1 Å². The summed E-state index contributed by atoms with van der Waals surface area (Å²) in [6.07, 6.45) is 0. The Morgan fingerprint density at radius 2 is 1.71 bits per heavy atom. The maximum Gasteiger partial charge on any atom is 0.355 e. The molecular formula is C19H22BrNO7. The number of halogens is 1. The Labute approximate surface area is 171 Å². The van der Waals surface area contributed by atoms with Crippen LogP contribution in [0.4, 0.5) is 5.69 Å². The molecule has 0 saturated heterocycles. The minimum absolute atomic E-state index is 0.00124. The van der Waals surface area contributed by atoms with Gasteiger partial charge >= 0.3 is 17.9 Å². The Morgan fingerprint density at radius 1 is 1.07 bits per heavy atom. The van der Waals surface area contributed by atoms with Crippen molar-refractivity contribution in [2.75, 3.05) is 32.5 Å². The lowest BCUT2D eigenvalue weighted by atomic mass is 10.1. The zero-order chi connectivity index (χ0) is 21.1. The van der Waals surface area contributed by atoms with Crippen molar-refractivity contribution in [3.05, 3.63) is 39.5 Å². The highest BCUT2D eigenvalue weighted by atomic mass is 79.9. The summed E-state index contributed by atoms with van der Waals surface area (Å²) >= 11 is 3.34. The molecule has 0 amide bonds. The van der Waals surface area contributed by atoms with Gasteiger partial charge in [-0.25, -0.2) is 14.4 Å². The molecule has 0 aromatic heterocycles. The van der Waals surface area contributed by atoms with Crippen molar-refractivity contribution in [1.82, 2.24) is 0 Å². The number of hydrogen-bond donors (Lipinski definition) is 0. The summed E-state index contributed by atoms with van der Waals surface area (Å²) in [4.78, 5) is 38.7. The largest absolute Gasteiger partial charge is 0.466 e. The summed E-state index contributed by atoms with van der Waals surface area (Å²) in [5, 5.41) is 0. The third-order valence-corrected chi connectivity index (χ3v) is 4.19. The zero-order valence-corrected chi connectivity index (χ0v) is 17.9. The van der Waals surface area contributed by atoms with Crippen LogP contribution in [0.15, 0.2) is 33.9 Å². The van der Waals surface area contributed by atoms with E-state index in [-0.39, 0.29) is 30.2 Å². The molecule has 1 aliphatic rings. The summed E-state index contributed by atoms with van der Waals surface area (Å²) in [5.41, 5.74) is -0.237. The van der Waals surface area contributed by atoms with Crippen molar-refractivity contribution >= 4 is 39.5 Å². The molecule has 0 aliphatic carbocycles. The van der Waals surface area contributed by atoms with Gasteiger partial charge in [0.1, 0.15) is 18.0 Å². The molecule has 1 heterocycles. The number of carbonyl (C=O) groups is 3. The van der Waals surface area contributed by atoms with Crippen LogP contribution >= 0.6 is 15.9 Å². The van der Waals surface area contributed by atoms with Gasteiger partial charge < -0.3 is 23.8 Å². The van der Waals surface area contributed by atoms with E-state index in [0.29, 0.717) is 10.2 Å². The first-order valence-electron chi connectivity index (χ1n) is 8.37. The molecule has 28 heavy (non-hydrogen) atoms. The number of ether oxygens (including phenoxy) is 4. The van der Waals surface area contributed by atoms with Gasteiger partial charge in [0.2, 0.25) is 0 Å². The number of hydrogen-bond acceptors (Lipinski definition) is 8. The molecule has 0 N–H and O–H groups in total. The van der Waals surface area contributed by atoms with Gasteiger partial charge in [-0.1, -0.05) is 15.9 Å². The van der Waals surface area contributed by atoms with Gasteiger partial charge in [-0.2, -0.15) is 0 Å². The molecule has 1 aliphatic heterocycles. The summed E-state index contributed by atoms with van der Waals surface area (Å²) in [7, 11) is 2.41. The fraction of sp³-hybridized carbons (Fsp3) is 0.421. The van der Waals surface area contributed by atoms with E-state index < -0.39 is 23.5 Å². The average molecular weight is 456 g/mol.